The monoisotopic (exact) mass is 714 g/mol. The number of carbonyl (C=O) groups is 2. The van der Waals surface area contributed by atoms with Gasteiger partial charge in [0.15, 0.2) is 5.69 Å². The van der Waals surface area contributed by atoms with Crippen LogP contribution in [0.4, 0.5) is 26.7 Å². The lowest BCUT2D eigenvalue weighted by atomic mass is 9.75. The maximum Gasteiger partial charge on any atom is 0.407 e. The summed E-state index contributed by atoms with van der Waals surface area (Å²) in [7, 11) is 0. The highest BCUT2D eigenvalue weighted by atomic mass is 35.5. The van der Waals surface area contributed by atoms with Crippen molar-refractivity contribution in [3.8, 4) is 17.0 Å². The molecular weight excluding hydrogens is 675 g/mol. The lowest BCUT2D eigenvalue weighted by molar-refractivity contribution is -0.211. The molecule has 9 nitrogen and oxygen atoms in total. The number of hydrogen-bond acceptors (Lipinski definition) is 6. The number of halogens is 6. The van der Waals surface area contributed by atoms with E-state index in [4.69, 9.17) is 21.1 Å². The van der Waals surface area contributed by atoms with E-state index in [1.165, 1.54) is 16.8 Å². The van der Waals surface area contributed by atoms with Gasteiger partial charge < -0.3 is 25.2 Å². The van der Waals surface area contributed by atoms with Gasteiger partial charge in [0, 0.05) is 18.7 Å². The first-order chi connectivity index (χ1) is 22.9. The van der Waals surface area contributed by atoms with E-state index in [1.807, 2.05) is 25.1 Å². The van der Waals surface area contributed by atoms with Gasteiger partial charge in [0.1, 0.15) is 18.0 Å². The van der Waals surface area contributed by atoms with Crippen molar-refractivity contribution < 1.29 is 46.1 Å². The van der Waals surface area contributed by atoms with Gasteiger partial charge in [-0.15, -0.1) is 0 Å². The second kappa shape index (κ2) is 15.3. The summed E-state index contributed by atoms with van der Waals surface area (Å²) in [4.78, 5) is 26.1. The van der Waals surface area contributed by atoms with Gasteiger partial charge in [-0.2, -0.15) is 27.1 Å². The van der Waals surface area contributed by atoms with E-state index >= 15 is 0 Å². The van der Waals surface area contributed by atoms with E-state index in [-0.39, 0.29) is 59.6 Å². The summed E-state index contributed by atoms with van der Waals surface area (Å²) in [5.74, 6) is -1.05. The SMILES string of the molecule is CCn1nc(C(=O)NC[C@]2(O)CC[C@@H](C)C[C@H]2NC(=O)OCc2ccccc2)c(Cl)c1-c1ccc(CC(C)(C)C(F)(F)F)cc1OC(F)F. The van der Waals surface area contributed by atoms with Crippen molar-refractivity contribution in [2.24, 2.45) is 11.3 Å². The topological polar surface area (TPSA) is 115 Å². The van der Waals surface area contributed by atoms with Gasteiger partial charge >= 0.3 is 18.9 Å². The molecule has 0 spiro atoms. The van der Waals surface area contributed by atoms with Crippen molar-refractivity contribution in [1.82, 2.24) is 20.4 Å². The Hall–Kier alpha value is -3.91. The Balaban J connectivity index is 1.54. The minimum Gasteiger partial charge on any atom is -0.445 e. The summed E-state index contributed by atoms with van der Waals surface area (Å²) < 4.78 is 78.9. The van der Waals surface area contributed by atoms with E-state index in [9.17, 15) is 36.6 Å². The predicted octanol–water partition coefficient (Wildman–Crippen LogP) is 7.53. The molecule has 49 heavy (non-hydrogen) atoms. The number of ether oxygens (including phenoxy) is 2. The number of carbonyl (C=O) groups excluding carboxylic acids is 2. The molecule has 3 aromatic rings. The average molecular weight is 715 g/mol. The number of hydrogen-bond donors (Lipinski definition) is 3. The molecule has 1 saturated carbocycles. The molecule has 0 bridgehead atoms. The maximum absolute atomic E-state index is 13.5. The van der Waals surface area contributed by atoms with Gasteiger partial charge in [-0.3, -0.25) is 9.48 Å². The maximum atomic E-state index is 13.5. The Labute approximate surface area is 286 Å². The van der Waals surface area contributed by atoms with Crippen LogP contribution in [-0.2, 0) is 24.3 Å². The minimum absolute atomic E-state index is 0.00885. The van der Waals surface area contributed by atoms with Crippen molar-refractivity contribution in [2.45, 2.75) is 91.0 Å². The van der Waals surface area contributed by atoms with Crippen LogP contribution in [0.5, 0.6) is 5.75 Å². The summed E-state index contributed by atoms with van der Waals surface area (Å²) in [6.07, 6.45) is -4.48. The molecule has 0 aliphatic heterocycles. The Morgan fingerprint density at radius 2 is 1.84 bits per heavy atom. The number of nitrogens with zero attached hydrogens (tertiary/aromatic N) is 2. The van der Waals surface area contributed by atoms with E-state index in [2.05, 4.69) is 15.7 Å². The van der Waals surface area contributed by atoms with Crippen LogP contribution >= 0.6 is 11.6 Å². The highest BCUT2D eigenvalue weighted by molar-refractivity contribution is 6.36. The Morgan fingerprint density at radius 3 is 2.47 bits per heavy atom. The number of alkyl halides is 5. The fourth-order valence-electron chi connectivity index (χ4n) is 5.79. The van der Waals surface area contributed by atoms with Crippen molar-refractivity contribution in [3.05, 3.63) is 70.4 Å². The normalized spacial score (nSPS) is 19.8. The third-order valence-electron chi connectivity index (χ3n) is 8.76. The Morgan fingerprint density at radius 1 is 1.14 bits per heavy atom. The zero-order valence-electron chi connectivity index (χ0n) is 27.5. The predicted molar refractivity (Wildman–Crippen MR) is 172 cm³/mol. The fourth-order valence-corrected chi connectivity index (χ4v) is 6.11. The zero-order valence-corrected chi connectivity index (χ0v) is 28.3. The van der Waals surface area contributed by atoms with Crippen molar-refractivity contribution in [1.29, 1.82) is 0 Å². The summed E-state index contributed by atoms with van der Waals surface area (Å²) in [5.41, 5.74) is -3.06. The van der Waals surface area contributed by atoms with E-state index in [0.29, 0.717) is 12.8 Å². The molecule has 268 valence electrons. The fraction of sp³-hybridized carbons (Fsp3) is 0.500. The molecule has 1 aliphatic rings. The van der Waals surface area contributed by atoms with Gasteiger partial charge in [0.25, 0.3) is 5.91 Å². The first-order valence-electron chi connectivity index (χ1n) is 15.8. The van der Waals surface area contributed by atoms with Gasteiger partial charge in [0.2, 0.25) is 0 Å². The van der Waals surface area contributed by atoms with Gasteiger partial charge in [0.05, 0.1) is 22.2 Å². The van der Waals surface area contributed by atoms with Crippen LogP contribution in [0.1, 0.15) is 68.6 Å². The zero-order chi connectivity index (χ0) is 36.1. The first-order valence-corrected chi connectivity index (χ1v) is 16.2. The number of aromatic nitrogens is 2. The first kappa shape index (κ1) is 37.9. The van der Waals surface area contributed by atoms with Gasteiger partial charge in [-0.05, 0) is 61.8 Å². The molecule has 3 N–H and O–H groups in total. The van der Waals surface area contributed by atoms with Crippen LogP contribution < -0.4 is 15.4 Å². The molecular formula is C34H40ClF5N4O5. The molecule has 2 amide bonds. The largest absolute Gasteiger partial charge is 0.445 e. The molecule has 1 aromatic heterocycles. The van der Waals surface area contributed by atoms with Crippen molar-refractivity contribution in [2.75, 3.05) is 6.54 Å². The minimum atomic E-state index is -4.55. The lowest BCUT2D eigenvalue weighted by Crippen LogP contribution is -2.60. The number of rotatable bonds is 12. The molecule has 1 heterocycles. The molecule has 1 aliphatic carbocycles. The second-order valence-electron chi connectivity index (χ2n) is 13.0. The van der Waals surface area contributed by atoms with Crippen molar-refractivity contribution >= 4 is 23.6 Å². The van der Waals surface area contributed by atoms with E-state index < -0.39 is 54.0 Å². The molecule has 15 heteroatoms. The van der Waals surface area contributed by atoms with Crippen LogP contribution in [0.3, 0.4) is 0 Å². The molecule has 1 fully saturated rings. The highest BCUT2D eigenvalue weighted by Crippen LogP contribution is 2.43. The third-order valence-corrected chi connectivity index (χ3v) is 9.11. The molecule has 0 radical (unpaired) electrons. The molecule has 3 atom stereocenters. The summed E-state index contributed by atoms with van der Waals surface area (Å²) in [5, 5.41) is 21.0. The number of alkyl carbamates (subject to hydrolysis) is 1. The highest BCUT2D eigenvalue weighted by Gasteiger charge is 2.47. The van der Waals surface area contributed by atoms with Crippen LogP contribution in [-0.4, -0.2) is 57.9 Å². The Bertz CT molecular complexity index is 1620. The van der Waals surface area contributed by atoms with E-state index in [0.717, 1.165) is 25.5 Å². The van der Waals surface area contributed by atoms with Gasteiger partial charge in [-0.25, -0.2) is 4.79 Å². The molecule has 0 saturated heterocycles. The van der Waals surface area contributed by atoms with Crippen LogP contribution in [0, 0.1) is 11.3 Å². The summed E-state index contributed by atoms with van der Waals surface area (Å²) in [6, 6.07) is 12.1. The standard InChI is InChI=1S/C34H40ClF5N4O5/c1-5-44-28(23-12-11-22(16-24(23)49-30(36)37)17-32(3,4)34(38,39)40)26(35)27(43-44)29(45)41-19-33(47)14-13-20(2)15-25(33)42-31(46)48-18-21-9-7-6-8-10-21/h6-12,16,20,25,30,47H,5,13-15,17-19H2,1-4H3,(H,41,45)(H,42,46)/t20-,25-,33-/m1/s1. The number of nitrogens with one attached hydrogen (secondary N) is 2. The third kappa shape index (κ3) is 9.21. The number of aliphatic hydroxyl groups is 1. The molecule has 4 rings (SSSR count). The lowest BCUT2D eigenvalue weighted by Gasteiger charge is -2.42. The van der Waals surface area contributed by atoms with Gasteiger partial charge in [-0.1, -0.05) is 68.8 Å². The van der Waals surface area contributed by atoms with Crippen LogP contribution in [0.15, 0.2) is 48.5 Å². The molecule has 2 aromatic carbocycles. The number of amides is 2. The second-order valence-corrected chi connectivity index (χ2v) is 13.4. The quantitative estimate of drug-likeness (QED) is 0.167. The summed E-state index contributed by atoms with van der Waals surface area (Å²) in [6.45, 7) is 2.24. The number of benzene rings is 2. The van der Waals surface area contributed by atoms with Crippen molar-refractivity contribution in [3.63, 3.8) is 0 Å². The van der Waals surface area contributed by atoms with E-state index in [1.54, 1.807) is 19.1 Å². The Kier molecular flexibility index (Phi) is 11.9. The average Bonchev–Trinajstić information content (AvgIpc) is 3.36. The smallest absolute Gasteiger partial charge is 0.407 e. The summed E-state index contributed by atoms with van der Waals surface area (Å²) >= 11 is 6.64. The van der Waals surface area contributed by atoms with Crippen LogP contribution in [0.25, 0.3) is 11.3 Å². The van der Waals surface area contributed by atoms with Crippen LogP contribution in [0.2, 0.25) is 5.02 Å². The number of aryl methyl sites for hydroxylation is 1. The molecule has 0 unspecified atom stereocenters.